The van der Waals surface area contributed by atoms with Crippen LogP contribution in [0.15, 0.2) is 0 Å². The van der Waals surface area contributed by atoms with Crippen LogP contribution in [0.5, 0.6) is 0 Å². The lowest BCUT2D eigenvalue weighted by Gasteiger charge is -2.30. The molecule has 0 spiro atoms. The smallest absolute Gasteiger partial charge is 0.237 e. The summed E-state index contributed by atoms with van der Waals surface area (Å²) in [4.78, 5) is 14.0. The molecule has 1 atom stereocenters. The Bertz CT molecular complexity index is 285. The third kappa shape index (κ3) is 3.95. The van der Waals surface area contributed by atoms with Gasteiger partial charge in [-0.1, -0.05) is 0 Å². The van der Waals surface area contributed by atoms with E-state index in [0.29, 0.717) is 0 Å². The standard InChI is InChI=1S/C14H27N3O/c1-14(16-2,13(15)18)7-8-17(9-11-3-4-11)10-12-5-6-12/h11-12,16H,3-10H2,1-2H3,(H2,15,18). The summed E-state index contributed by atoms with van der Waals surface area (Å²) in [6.45, 7) is 5.32. The van der Waals surface area contributed by atoms with Crippen LogP contribution in [0.3, 0.4) is 0 Å². The highest BCUT2D eigenvalue weighted by molar-refractivity contribution is 5.84. The van der Waals surface area contributed by atoms with Crippen molar-refractivity contribution >= 4 is 5.91 Å². The van der Waals surface area contributed by atoms with Gasteiger partial charge in [0, 0.05) is 19.6 Å². The Hall–Kier alpha value is -0.610. The van der Waals surface area contributed by atoms with Crippen molar-refractivity contribution in [3.8, 4) is 0 Å². The van der Waals surface area contributed by atoms with Gasteiger partial charge in [-0.3, -0.25) is 4.79 Å². The molecule has 3 N–H and O–H groups in total. The molecular formula is C14H27N3O. The molecule has 2 fully saturated rings. The number of carbonyl (C=O) groups is 1. The Kier molecular flexibility index (Phi) is 4.28. The molecule has 0 aromatic rings. The number of nitrogens with two attached hydrogens (primary N) is 1. The van der Waals surface area contributed by atoms with Crippen LogP contribution in [0.2, 0.25) is 0 Å². The molecule has 1 amide bonds. The van der Waals surface area contributed by atoms with Crippen LogP contribution >= 0.6 is 0 Å². The summed E-state index contributed by atoms with van der Waals surface area (Å²) < 4.78 is 0. The number of hydrogen-bond donors (Lipinski definition) is 2. The van der Waals surface area contributed by atoms with Crippen LogP contribution in [0, 0.1) is 11.8 Å². The monoisotopic (exact) mass is 253 g/mol. The summed E-state index contributed by atoms with van der Waals surface area (Å²) in [7, 11) is 1.82. The summed E-state index contributed by atoms with van der Waals surface area (Å²) in [5.74, 6) is 1.58. The van der Waals surface area contributed by atoms with Gasteiger partial charge < -0.3 is 16.0 Å². The van der Waals surface area contributed by atoms with E-state index < -0.39 is 5.54 Å². The van der Waals surface area contributed by atoms with Crippen LogP contribution in [0.25, 0.3) is 0 Å². The molecule has 4 heteroatoms. The van der Waals surface area contributed by atoms with E-state index in [1.54, 1.807) is 0 Å². The lowest BCUT2D eigenvalue weighted by atomic mass is 9.97. The molecule has 2 aliphatic carbocycles. The van der Waals surface area contributed by atoms with Crippen molar-refractivity contribution in [2.75, 3.05) is 26.7 Å². The molecule has 1 unspecified atom stereocenters. The fourth-order valence-corrected chi connectivity index (χ4v) is 2.34. The normalized spacial score (nSPS) is 23.1. The number of likely N-dealkylation sites (N-methyl/N-ethyl adjacent to an activating group) is 1. The molecule has 2 saturated carbocycles. The molecule has 0 aromatic carbocycles. The maximum absolute atomic E-state index is 11.5. The van der Waals surface area contributed by atoms with Gasteiger partial charge in [0.05, 0.1) is 5.54 Å². The molecule has 4 nitrogen and oxygen atoms in total. The lowest BCUT2D eigenvalue weighted by Crippen LogP contribution is -2.53. The van der Waals surface area contributed by atoms with Crippen molar-refractivity contribution in [2.24, 2.45) is 17.6 Å². The molecule has 2 aliphatic rings. The van der Waals surface area contributed by atoms with Crippen LogP contribution in [-0.2, 0) is 4.79 Å². The van der Waals surface area contributed by atoms with E-state index in [2.05, 4.69) is 10.2 Å². The molecule has 18 heavy (non-hydrogen) atoms. The van der Waals surface area contributed by atoms with Gasteiger partial charge >= 0.3 is 0 Å². The fourth-order valence-electron chi connectivity index (χ4n) is 2.34. The molecule has 0 aromatic heterocycles. The average molecular weight is 253 g/mol. The second-order valence-electron chi connectivity index (χ2n) is 6.34. The van der Waals surface area contributed by atoms with Crippen LogP contribution in [-0.4, -0.2) is 43.0 Å². The number of nitrogens with zero attached hydrogens (tertiary/aromatic N) is 1. The number of nitrogens with one attached hydrogen (secondary N) is 1. The maximum Gasteiger partial charge on any atom is 0.237 e. The number of primary amides is 1. The zero-order valence-corrected chi connectivity index (χ0v) is 11.7. The number of amides is 1. The molecule has 0 heterocycles. The largest absolute Gasteiger partial charge is 0.368 e. The van der Waals surface area contributed by atoms with Gasteiger partial charge in [-0.15, -0.1) is 0 Å². The van der Waals surface area contributed by atoms with Crippen molar-refractivity contribution in [3.05, 3.63) is 0 Å². The van der Waals surface area contributed by atoms with E-state index in [0.717, 1.165) is 24.8 Å². The van der Waals surface area contributed by atoms with E-state index in [1.165, 1.54) is 38.8 Å². The minimum Gasteiger partial charge on any atom is -0.368 e. The number of rotatable bonds is 9. The minimum atomic E-state index is -0.564. The highest BCUT2D eigenvalue weighted by atomic mass is 16.1. The molecule has 0 bridgehead atoms. The van der Waals surface area contributed by atoms with Crippen molar-refractivity contribution in [3.63, 3.8) is 0 Å². The van der Waals surface area contributed by atoms with Crippen molar-refractivity contribution in [1.82, 2.24) is 10.2 Å². The first-order valence-corrected chi connectivity index (χ1v) is 7.24. The third-order valence-electron chi connectivity index (χ3n) is 4.45. The summed E-state index contributed by atoms with van der Waals surface area (Å²) >= 11 is 0. The van der Waals surface area contributed by atoms with Gasteiger partial charge in [0.25, 0.3) is 0 Å². The Balaban J connectivity index is 1.80. The molecule has 0 aliphatic heterocycles. The first kappa shape index (κ1) is 13.8. The van der Waals surface area contributed by atoms with Crippen molar-refractivity contribution < 1.29 is 4.79 Å². The Morgan fingerprint density at radius 2 is 1.78 bits per heavy atom. The van der Waals surface area contributed by atoms with E-state index in [-0.39, 0.29) is 5.91 Å². The van der Waals surface area contributed by atoms with Gasteiger partial charge in [0.2, 0.25) is 5.91 Å². The van der Waals surface area contributed by atoms with Crippen molar-refractivity contribution in [1.29, 1.82) is 0 Å². The molecule has 0 radical (unpaired) electrons. The SMILES string of the molecule is CNC(C)(CCN(CC1CC1)CC1CC1)C(N)=O. The quantitative estimate of drug-likeness (QED) is 0.643. The van der Waals surface area contributed by atoms with Gasteiger partial charge in [0.15, 0.2) is 0 Å². The van der Waals surface area contributed by atoms with E-state index >= 15 is 0 Å². The Labute approximate surface area is 110 Å². The number of carbonyl (C=O) groups excluding carboxylic acids is 1. The van der Waals surface area contributed by atoms with Gasteiger partial charge in [-0.2, -0.15) is 0 Å². The second-order valence-corrected chi connectivity index (χ2v) is 6.34. The van der Waals surface area contributed by atoms with Crippen LogP contribution in [0.1, 0.15) is 39.0 Å². The third-order valence-corrected chi connectivity index (χ3v) is 4.45. The average Bonchev–Trinajstić information content (AvgIpc) is 3.20. The van der Waals surface area contributed by atoms with E-state index in [9.17, 15) is 4.79 Å². The molecule has 104 valence electrons. The first-order valence-electron chi connectivity index (χ1n) is 7.24. The van der Waals surface area contributed by atoms with Crippen molar-refractivity contribution in [2.45, 2.75) is 44.6 Å². The Morgan fingerprint density at radius 3 is 2.11 bits per heavy atom. The van der Waals surface area contributed by atoms with Crippen LogP contribution in [0.4, 0.5) is 0 Å². The summed E-state index contributed by atoms with van der Waals surface area (Å²) in [6, 6.07) is 0. The number of hydrogen-bond acceptors (Lipinski definition) is 3. The minimum absolute atomic E-state index is 0.247. The topological polar surface area (TPSA) is 58.4 Å². The zero-order valence-electron chi connectivity index (χ0n) is 11.7. The summed E-state index contributed by atoms with van der Waals surface area (Å²) in [5.41, 5.74) is 4.91. The molecule has 2 rings (SSSR count). The van der Waals surface area contributed by atoms with E-state index in [1.807, 2.05) is 14.0 Å². The molecular weight excluding hydrogens is 226 g/mol. The highest BCUT2D eigenvalue weighted by Gasteiger charge is 2.32. The van der Waals surface area contributed by atoms with Gasteiger partial charge in [-0.25, -0.2) is 0 Å². The fraction of sp³-hybridized carbons (Fsp3) is 0.929. The summed E-state index contributed by atoms with van der Waals surface area (Å²) in [6.07, 6.45) is 6.36. The first-order chi connectivity index (χ1) is 8.53. The molecule has 0 saturated heterocycles. The van der Waals surface area contributed by atoms with Gasteiger partial charge in [-0.05, 0) is 57.9 Å². The summed E-state index contributed by atoms with van der Waals surface area (Å²) in [5, 5.41) is 3.07. The Morgan fingerprint density at radius 1 is 1.28 bits per heavy atom. The zero-order chi connectivity index (χ0) is 13.2. The highest BCUT2D eigenvalue weighted by Crippen LogP contribution is 2.33. The second kappa shape index (κ2) is 5.57. The lowest BCUT2D eigenvalue weighted by molar-refractivity contribution is -0.124. The predicted molar refractivity (Wildman–Crippen MR) is 73.2 cm³/mol. The van der Waals surface area contributed by atoms with Gasteiger partial charge in [0.1, 0.15) is 0 Å². The maximum atomic E-state index is 11.5. The predicted octanol–water partition coefficient (Wildman–Crippen LogP) is 0.962. The van der Waals surface area contributed by atoms with Crippen LogP contribution < -0.4 is 11.1 Å². The van der Waals surface area contributed by atoms with E-state index in [4.69, 9.17) is 5.73 Å².